The van der Waals surface area contributed by atoms with Crippen LogP contribution in [-0.4, -0.2) is 35.9 Å². The fourth-order valence-corrected chi connectivity index (χ4v) is 4.00. The molecule has 1 aliphatic rings. The molecule has 0 aliphatic heterocycles. The molecule has 1 amide bonds. The van der Waals surface area contributed by atoms with Crippen molar-refractivity contribution in [2.45, 2.75) is 12.8 Å². The zero-order valence-corrected chi connectivity index (χ0v) is 18.6. The number of nitrogens with one attached hydrogen (secondary N) is 2. The molecular formula is C21H24FIN4O2. The van der Waals surface area contributed by atoms with E-state index in [-0.39, 0.29) is 18.3 Å². The highest BCUT2D eigenvalue weighted by Gasteiger charge is 2.15. The molecule has 8 heteroatoms. The van der Waals surface area contributed by atoms with E-state index in [9.17, 15) is 9.18 Å². The Morgan fingerprint density at radius 2 is 2.28 bits per heavy atom. The number of anilines is 1. The number of nitrogens with zero attached hydrogens (tertiary/aromatic N) is 2. The number of amides is 1. The molecule has 6 nitrogen and oxygen atoms in total. The first-order chi connectivity index (χ1) is 14.0. The second-order valence-corrected chi connectivity index (χ2v) is 8.00. The van der Waals surface area contributed by atoms with E-state index in [1.165, 1.54) is 6.08 Å². The van der Waals surface area contributed by atoms with E-state index in [0.29, 0.717) is 30.3 Å². The van der Waals surface area contributed by atoms with Gasteiger partial charge in [-0.2, -0.15) is 5.10 Å². The first kappa shape index (κ1) is 21.5. The minimum atomic E-state index is -0.173. The summed E-state index contributed by atoms with van der Waals surface area (Å²) in [6.07, 6.45) is 8.34. The largest absolute Gasteiger partial charge is 0.496 e. The molecule has 0 saturated carbocycles. The van der Waals surface area contributed by atoms with Crippen molar-refractivity contribution < 1.29 is 13.9 Å². The maximum atomic E-state index is 13.0. The van der Waals surface area contributed by atoms with Crippen LogP contribution in [-0.2, 0) is 11.8 Å². The number of hydrogen-bond donors (Lipinski definition) is 2. The number of halogens is 2. The average molecular weight is 510 g/mol. The van der Waals surface area contributed by atoms with E-state index in [1.807, 2.05) is 31.3 Å². The molecule has 2 aromatic rings. The van der Waals surface area contributed by atoms with E-state index in [2.05, 4.69) is 38.3 Å². The lowest BCUT2D eigenvalue weighted by Crippen LogP contribution is -2.29. The predicted molar refractivity (Wildman–Crippen MR) is 120 cm³/mol. The van der Waals surface area contributed by atoms with E-state index in [4.69, 9.17) is 4.74 Å². The molecule has 0 spiro atoms. The van der Waals surface area contributed by atoms with Crippen LogP contribution in [0.25, 0.3) is 11.3 Å². The summed E-state index contributed by atoms with van der Waals surface area (Å²) in [7, 11) is 3.49. The number of hydrogen-bond acceptors (Lipinski definition) is 4. The summed E-state index contributed by atoms with van der Waals surface area (Å²) in [6, 6.07) is 5.55. The van der Waals surface area contributed by atoms with Gasteiger partial charge in [-0.1, -0.05) is 6.08 Å². The van der Waals surface area contributed by atoms with Gasteiger partial charge in [-0.3, -0.25) is 9.48 Å². The number of methoxy groups -OCH3 is 1. The number of carbonyl (C=O) groups excluding carboxylic acids is 1. The highest BCUT2D eigenvalue weighted by molar-refractivity contribution is 14.1. The third kappa shape index (κ3) is 5.66. The van der Waals surface area contributed by atoms with Gasteiger partial charge in [-0.25, -0.2) is 4.39 Å². The summed E-state index contributed by atoms with van der Waals surface area (Å²) >= 11 is 2.23. The summed E-state index contributed by atoms with van der Waals surface area (Å²) in [4.78, 5) is 12.3. The van der Waals surface area contributed by atoms with Crippen LogP contribution in [0.3, 0.4) is 0 Å². The van der Waals surface area contributed by atoms with Crippen LogP contribution in [0.15, 0.2) is 48.5 Å². The lowest BCUT2D eigenvalue weighted by molar-refractivity contribution is -0.115. The van der Waals surface area contributed by atoms with Gasteiger partial charge in [-0.05, 0) is 78.2 Å². The van der Waals surface area contributed by atoms with E-state index >= 15 is 0 Å². The van der Waals surface area contributed by atoms with Crippen molar-refractivity contribution in [2.75, 3.05) is 25.5 Å². The Morgan fingerprint density at radius 3 is 2.93 bits per heavy atom. The van der Waals surface area contributed by atoms with Gasteiger partial charge in [0, 0.05) is 18.3 Å². The molecule has 0 fully saturated rings. The Balaban J connectivity index is 1.55. The summed E-state index contributed by atoms with van der Waals surface area (Å²) in [5.74, 6) is 0.739. The lowest BCUT2D eigenvalue weighted by atomic mass is 9.97. The molecule has 0 radical (unpaired) electrons. The first-order valence-corrected chi connectivity index (χ1v) is 10.5. The Labute approximate surface area is 183 Å². The molecular weight excluding hydrogens is 486 g/mol. The first-order valence-electron chi connectivity index (χ1n) is 9.38. The molecule has 2 N–H and O–H groups in total. The predicted octanol–water partition coefficient (Wildman–Crippen LogP) is 4.05. The summed E-state index contributed by atoms with van der Waals surface area (Å²) in [5, 5.41) is 10.3. The van der Waals surface area contributed by atoms with Crippen LogP contribution in [0.5, 0.6) is 5.75 Å². The smallest absolute Gasteiger partial charge is 0.238 e. The normalized spacial score (nSPS) is 15.9. The maximum absolute atomic E-state index is 13.0. The Morgan fingerprint density at radius 1 is 1.45 bits per heavy atom. The number of aryl methyl sites for hydroxylation is 1. The number of ether oxygens (including phenoxy) is 1. The SMILES string of the molecule is COc1ccc(NC(=O)CNCCC2C=CC(F)=CC2)cc1-c1c(I)cnn1C. The molecule has 1 aliphatic carbocycles. The van der Waals surface area contributed by atoms with E-state index in [1.54, 1.807) is 24.1 Å². The topological polar surface area (TPSA) is 68.2 Å². The highest BCUT2D eigenvalue weighted by Crippen LogP contribution is 2.34. The van der Waals surface area contributed by atoms with Crippen molar-refractivity contribution in [3.05, 3.63) is 52.0 Å². The van der Waals surface area contributed by atoms with Crippen LogP contribution in [0, 0.1) is 9.49 Å². The Hall–Kier alpha value is -2.20. The summed E-state index contributed by atoms with van der Waals surface area (Å²) < 4.78 is 21.2. The van der Waals surface area contributed by atoms with E-state index in [0.717, 1.165) is 21.2 Å². The monoisotopic (exact) mass is 510 g/mol. The van der Waals surface area contributed by atoms with Crippen molar-refractivity contribution in [1.29, 1.82) is 0 Å². The number of allylic oxidation sites excluding steroid dienone is 4. The third-order valence-corrected chi connectivity index (χ3v) is 5.54. The van der Waals surface area contributed by atoms with Gasteiger partial charge < -0.3 is 15.4 Å². The van der Waals surface area contributed by atoms with Crippen LogP contribution in [0.2, 0.25) is 0 Å². The Bertz CT molecular complexity index is 919. The summed E-state index contributed by atoms with van der Waals surface area (Å²) in [6.45, 7) is 0.907. The fourth-order valence-electron chi connectivity index (χ4n) is 3.23. The molecule has 1 atom stereocenters. The molecule has 1 aromatic heterocycles. The van der Waals surface area contributed by atoms with Gasteiger partial charge in [0.15, 0.2) is 0 Å². The molecule has 1 unspecified atom stereocenters. The van der Waals surface area contributed by atoms with Gasteiger partial charge in [0.2, 0.25) is 5.91 Å². The standard InChI is InChI=1S/C21H24FIN4O2/c1-27-21(18(23)12-25-27)17-11-16(7-8-19(17)29-2)26-20(28)13-24-10-9-14-3-5-15(22)6-4-14/h3,5-8,11-12,14,24H,4,9-10,13H2,1-2H3,(H,26,28). The van der Waals surface area contributed by atoms with Crippen molar-refractivity contribution in [3.8, 4) is 17.0 Å². The number of aromatic nitrogens is 2. The molecule has 1 heterocycles. The van der Waals surface area contributed by atoms with Crippen LogP contribution >= 0.6 is 22.6 Å². The van der Waals surface area contributed by atoms with Crippen LogP contribution in [0.1, 0.15) is 12.8 Å². The highest BCUT2D eigenvalue weighted by atomic mass is 127. The lowest BCUT2D eigenvalue weighted by Gasteiger charge is -2.14. The average Bonchev–Trinajstić information content (AvgIpc) is 3.04. The molecule has 3 rings (SSSR count). The van der Waals surface area contributed by atoms with Gasteiger partial charge in [0.1, 0.15) is 11.6 Å². The van der Waals surface area contributed by atoms with E-state index < -0.39 is 0 Å². The molecule has 29 heavy (non-hydrogen) atoms. The number of rotatable bonds is 8. The van der Waals surface area contributed by atoms with Gasteiger partial charge in [0.05, 0.1) is 29.1 Å². The van der Waals surface area contributed by atoms with Crippen LogP contribution < -0.4 is 15.4 Å². The third-order valence-electron chi connectivity index (χ3n) is 4.75. The van der Waals surface area contributed by atoms with Crippen molar-refractivity contribution >= 4 is 34.2 Å². The zero-order chi connectivity index (χ0) is 20.8. The zero-order valence-electron chi connectivity index (χ0n) is 16.4. The van der Waals surface area contributed by atoms with Crippen molar-refractivity contribution in [3.63, 3.8) is 0 Å². The number of carbonyl (C=O) groups is 1. The second kappa shape index (κ2) is 10.0. The van der Waals surface area contributed by atoms with Gasteiger partial charge in [-0.15, -0.1) is 0 Å². The van der Waals surface area contributed by atoms with Crippen molar-refractivity contribution in [2.24, 2.45) is 13.0 Å². The molecule has 1 aromatic carbocycles. The maximum Gasteiger partial charge on any atom is 0.238 e. The van der Waals surface area contributed by atoms with Crippen LogP contribution in [0.4, 0.5) is 10.1 Å². The quantitative estimate of drug-likeness (QED) is 0.416. The second-order valence-electron chi connectivity index (χ2n) is 6.84. The molecule has 0 saturated heterocycles. The Kier molecular flexibility index (Phi) is 7.43. The van der Waals surface area contributed by atoms with Gasteiger partial charge in [0.25, 0.3) is 0 Å². The number of benzene rings is 1. The molecule has 0 bridgehead atoms. The fraction of sp³-hybridized carbons (Fsp3) is 0.333. The minimum Gasteiger partial charge on any atom is -0.496 e. The van der Waals surface area contributed by atoms with Crippen molar-refractivity contribution in [1.82, 2.24) is 15.1 Å². The summed E-state index contributed by atoms with van der Waals surface area (Å²) in [5.41, 5.74) is 2.50. The van der Waals surface area contributed by atoms with Gasteiger partial charge >= 0.3 is 0 Å². The minimum absolute atomic E-state index is 0.119. The molecule has 154 valence electrons.